The third kappa shape index (κ3) is 5.82. The van der Waals surface area contributed by atoms with Gasteiger partial charge in [0.2, 0.25) is 0 Å². The first-order valence-corrected chi connectivity index (χ1v) is 22.0. The Morgan fingerprint density at radius 1 is 0.397 bits per heavy atom. The molecule has 1 aromatic heterocycles. The Morgan fingerprint density at radius 3 is 1.76 bits per heavy atom. The zero-order chi connectivity index (χ0) is 41.4. The Kier molecular flexibility index (Phi) is 8.20. The predicted molar refractivity (Wildman–Crippen MR) is 265 cm³/mol. The summed E-state index contributed by atoms with van der Waals surface area (Å²) in [5.74, 6) is 0. The molecule has 1 aliphatic rings. The van der Waals surface area contributed by atoms with E-state index in [-0.39, 0.29) is 12.2 Å². The van der Waals surface area contributed by atoms with Gasteiger partial charge in [-0.3, -0.25) is 10.6 Å². The molecule has 63 heavy (non-hydrogen) atoms. The van der Waals surface area contributed by atoms with E-state index in [9.17, 15) is 0 Å². The van der Waals surface area contributed by atoms with Gasteiger partial charge in [0.1, 0.15) is 5.70 Å². The van der Waals surface area contributed by atoms with Gasteiger partial charge in [-0.25, -0.2) is 0 Å². The molecular weight excluding hydrogens is 763 g/mol. The van der Waals surface area contributed by atoms with Crippen LogP contribution in [0.2, 0.25) is 0 Å². The van der Waals surface area contributed by atoms with Crippen LogP contribution in [0.15, 0.2) is 224 Å². The van der Waals surface area contributed by atoms with E-state index in [0.29, 0.717) is 0 Å². The lowest BCUT2D eigenvalue weighted by atomic mass is 9.88. The summed E-state index contributed by atoms with van der Waals surface area (Å²) in [6.45, 7) is 0. The van der Waals surface area contributed by atoms with Crippen LogP contribution in [0.25, 0.3) is 98.2 Å². The summed E-state index contributed by atoms with van der Waals surface area (Å²) in [5.41, 5.74) is 11.1. The Labute approximate surface area is 365 Å². The van der Waals surface area contributed by atoms with Gasteiger partial charge in [0, 0.05) is 38.4 Å². The van der Waals surface area contributed by atoms with E-state index >= 15 is 0 Å². The number of nitrogens with zero attached hydrogens (tertiary/aromatic N) is 1. The second-order valence-electron chi connectivity index (χ2n) is 17.1. The molecular formula is C60H42N3+. The van der Waals surface area contributed by atoms with Crippen LogP contribution in [0.1, 0.15) is 28.9 Å². The molecule has 0 radical (unpaired) electrons. The zero-order valence-corrected chi connectivity index (χ0v) is 34.5. The van der Waals surface area contributed by atoms with Gasteiger partial charge >= 0.3 is 0 Å². The van der Waals surface area contributed by atoms with Crippen molar-refractivity contribution in [3.63, 3.8) is 0 Å². The summed E-state index contributed by atoms with van der Waals surface area (Å²) < 4.78 is 2.47. The van der Waals surface area contributed by atoms with E-state index in [1.165, 1.54) is 115 Å². The predicted octanol–water partition coefficient (Wildman–Crippen LogP) is 14.2. The van der Waals surface area contributed by atoms with Crippen molar-refractivity contribution in [2.75, 3.05) is 0 Å². The third-order valence-electron chi connectivity index (χ3n) is 13.5. The number of hydrogen-bond acceptors (Lipinski definition) is 1. The SMILES string of the molecule is C1=C(c2ccc3ccccc3c2)[NH2+]C(c2ccc(-c3cc4c5ccccc5c5c(c6ccccc6n5-c5ccccc5)c4c4ccccc34)cc2)NC1c1ccc2ccccc2c1. The van der Waals surface area contributed by atoms with Crippen molar-refractivity contribution in [1.82, 2.24) is 9.88 Å². The fourth-order valence-corrected chi connectivity index (χ4v) is 10.5. The minimum atomic E-state index is 0.00879. The van der Waals surface area contributed by atoms with Crippen LogP contribution in [0.5, 0.6) is 0 Å². The van der Waals surface area contributed by atoms with Crippen LogP contribution in [-0.4, -0.2) is 4.57 Å². The van der Waals surface area contributed by atoms with Gasteiger partial charge in [-0.2, -0.15) is 0 Å². The van der Waals surface area contributed by atoms with Crippen LogP contribution in [-0.2, 0) is 0 Å². The Bertz CT molecular complexity index is 3800. The minimum absolute atomic E-state index is 0.00879. The van der Waals surface area contributed by atoms with E-state index in [1.807, 2.05) is 0 Å². The topological polar surface area (TPSA) is 33.6 Å². The molecule has 2 atom stereocenters. The largest absolute Gasteiger partial charge is 0.309 e. The monoisotopic (exact) mass is 804 g/mol. The van der Waals surface area contributed by atoms with Crippen LogP contribution in [0, 0.1) is 0 Å². The molecule has 0 saturated carbocycles. The molecule has 3 nitrogen and oxygen atoms in total. The van der Waals surface area contributed by atoms with Gasteiger partial charge in [-0.05, 0) is 108 Å². The molecule has 13 rings (SSSR count). The van der Waals surface area contributed by atoms with Crippen molar-refractivity contribution >= 4 is 81.4 Å². The molecule has 3 heteroatoms. The van der Waals surface area contributed by atoms with Gasteiger partial charge in [0.25, 0.3) is 0 Å². The van der Waals surface area contributed by atoms with Crippen LogP contribution in [0.4, 0.5) is 0 Å². The standard InChI is InChI=1S/C60H41N3/c1-2-18-46(19-3-1)63-56-25-13-12-24-51(56)58-57-49-22-10-8-20-47(49)52(36-53(57)48-21-9-11-23-50(48)59(58)63)40-28-30-41(31-29-40)60-61-54(44-32-26-38-14-4-6-16-42(38)34-44)37-55(62-60)45-33-27-39-15-5-7-17-43(39)35-45/h1-37,54,60-62H/p+1. The third-order valence-corrected chi connectivity index (χ3v) is 13.5. The fraction of sp³-hybridized carbons (Fsp3) is 0.0333. The lowest BCUT2D eigenvalue weighted by molar-refractivity contribution is -0.621. The highest BCUT2D eigenvalue weighted by Crippen LogP contribution is 2.47. The van der Waals surface area contributed by atoms with Gasteiger partial charge < -0.3 is 4.57 Å². The van der Waals surface area contributed by atoms with Crippen molar-refractivity contribution < 1.29 is 5.32 Å². The highest BCUT2D eigenvalue weighted by atomic mass is 15.2. The fourth-order valence-electron chi connectivity index (χ4n) is 10.5. The lowest BCUT2D eigenvalue weighted by Gasteiger charge is -2.29. The second kappa shape index (κ2) is 14.4. The molecule has 0 amide bonds. The van der Waals surface area contributed by atoms with Gasteiger partial charge in [0.05, 0.1) is 17.1 Å². The molecule has 0 bridgehead atoms. The molecule has 3 N–H and O–H groups in total. The summed E-state index contributed by atoms with van der Waals surface area (Å²) in [7, 11) is 0. The maximum Gasteiger partial charge on any atom is 0.171 e. The molecule has 0 aliphatic carbocycles. The quantitative estimate of drug-likeness (QED) is 0.167. The average molecular weight is 805 g/mol. The summed E-state index contributed by atoms with van der Waals surface area (Å²) >= 11 is 0. The first kappa shape index (κ1) is 35.9. The molecule has 1 aliphatic heterocycles. The van der Waals surface area contributed by atoms with Gasteiger partial charge in [-0.1, -0.05) is 176 Å². The number of nitrogens with two attached hydrogens (primary N) is 1. The number of aromatic nitrogens is 1. The summed E-state index contributed by atoms with van der Waals surface area (Å²) in [4.78, 5) is 0. The van der Waals surface area contributed by atoms with E-state index in [0.717, 1.165) is 0 Å². The molecule has 11 aromatic carbocycles. The molecule has 0 fully saturated rings. The van der Waals surface area contributed by atoms with Crippen LogP contribution >= 0.6 is 0 Å². The van der Waals surface area contributed by atoms with Gasteiger partial charge in [-0.15, -0.1) is 0 Å². The highest BCUT2D eigenvalue weighted by Gasteiger charge is 2.29. The molecule has 0 spiro atoms. The summed E-state index contributed by atoms with van der Waals surface area (Å²) in [6.07, 6.45) is 2.41. The number of quaternary nitrogens is 1. The Balaban J connectivity index is 0.960. The zero-order valence-electron chi connectivity index (χ0n) is 34.5. The van der Waals surface area contributed by atoms with Crippen LogP contribution in [0.3, 0.4) is 0 Å². The van der Waals surface area contributed by atoms with E-state index < -0.39 is 0 Å². The number of benzene rings is 11. The van der Waals surface area contributed by atoms with Crippen molar-refractivity contribution in [3.8, 4) is 16.8 Å². The second-order valence-corrected chi connectivity index (χ2v) is 17.1. The van der Waals surface area contributed by atoms with Crippen molar-refractivity contribution in [3.05, 3.63) is 241 Å². The minimum Gasteiger partial charge on any atom is -0.309 e. The highest BCUT2D eigenvalue weighted by molar-refractivity contribution is 6.38. The Hall–Kier alpha value is -7.82. The summed E-state index contributed by atoms with van der Waals surface area (Å²) in [6, 6.07) is 80.6. The number of nitrogens with one attached hydrogen (secondary N) is 1. The summed E-state index contributed by atoms with van der Waals surface area (Å²) in [5, 5.41) is 21.7. The van der Waals surface area contributed by atoms with Crippen LogP contribution < -0.4 is 10.6 Å². The maximum atomic E-state index is 4.03. The normalized spacial score (nSPS) is 15.6. The number of para-hydroxylation sites is 2. The maximum absolute atomic E-state index is 4.03. The number of hydrogen-bond donors (Lipinski definition) is 2. The number of fused-ring (bicyclic) bond motifs is 12. The van der Waals surface area contributed by atoms with Crippen molar-refractivity contribution in [1.29, 1.82) is 0 Å². The van der Waals surface area contributed by atoms with Gasteiger partial charge in [0.15, 0.2) is 6.17 Å². The van der Waals surface area contributed by atoms with Crippen molar-refractivity contribution in [2.45, 2.75) is 12.2 Å². The molecule has 12 aromatic rings. The first-order valence-electron chi connectivity index (χ1n) is 22.0. The number of rotatable bonds is 5. The molecule has 2 unspecified atom stereocenters. The molecule has 2 heterocycles. The van der Waals surface area contributed by atoms with E-state index in [1.54, 1.807) is 0 Å². The smallest absolute Gasteiger partial charge is 0.171 e. The molecule has 296 valence electrons. The average Bonchev–Trinajstić information content (AvgIpc) is 3.71. The molecule has 0 saturated heterocycles. The van der Waals surface area contributed by atoms with E-state index in [4.69, 9.17) is 0 Å². The van der Waals surface area contributed by atoms with E-state index in [2.05, 4.69) is 240 Å². The first-order chi connectivity index (χ1) is 31.2. The van der Waals surface area contributed by atoms with Crippen molar-refractivity contribution in [2.24, 2.45) is 0 Å². The Morgan fingerprint density at radius 2 is 0.984 bits per heavy atom. The lowest BCUT2D eigenvalue weighted by Crippen LogP contribution is -2.87.